The van der Waals surface area contributed by atoms with Crippen molar-refractivity contribution in [2.45, 2.75) is 24.9 Å². The van der Waals surface area contributed by atoms with Crippen LogP contribution in [-0.4, -0.2) is 48.0 Å². The summed E-state index contributed by atoms with van der Waals surface area (Å²) in [5.74, 6) is 0.327. The lowest BCUT2D eigenvalue weighted by Crippen LogP contribution is -2.38. The van der Waals surface area contributed by atoms with Crippen molar-refractivity contribution in [3.63, 3.8) is 0 Å². The maximum absolute atomic E-state index is 12.4. The number of ether oxygens (including phenoxy) is 1. The molecule has 118 valence electrons. The Hall–Kier alpha value is -1.11. The van der Waals surface area contributed by atoms with Gasteiger partial charge < -0.3 is 15.4 Å². The third-order valence-corrected chi connectivity index (χ3v) is 4.23. The summed E-state index contributed by atoms with van der Waals surface area (Å²) in [6.45, 7) is 3.03. The Kier molecular flexibility index (Phi) is 5.61. The van der Waals surface area contributed by atoms with Gasteiger partial charge in [-0.2, -0.15) is 5.10 Å². The van der Waals surface area contributed by atoms with Crippen molar-refractivity contribution in [1.29, 1.82) is 0 Å². The van der Waals surface area contributed by atoms with E-state index in [4.69, 9.17) is 4.74 Å². The topological polar surface area (TPSA) is 68.2 Å². The highest BCUT2D eigenvalue weighted by Gasteiger charge is 2.34. The van der Waals surface area contributed by atoms with Gasteiger partial charge in [0.25, 0.3) is 0 Å². The van der Waals surface area contributed by atoms with E-state index in [9.17, 15) is 4.79 Å². The summed E-state index contributed by atoms with van der Waals surface area (Å²) < 4.78 is 7.32. The minimum atomic E-state index is -0.0133. The Labute approximate surface area is 131 Å². The second-order valence-electron chi connectivity index (χ2n) is 5.70. The van der Waals surface area contributed by atoms with Crippen molar-refractivity contribution in [2.75, 3.05) is 26.2 Å². The average molecular weight is 315 g/mol. The fraction of sp³-hybridized carbons (Fsp3) is 0.714. The zero-order valence-electron chi connectivity index (χ0n) is 12.2. The first-order valence-electron chi connectivity index (χ1n) is 7.32. The van der Waals surface area contributed by atoms with E-state index in [0.717, 1.165) is 38.1 Å². The van der Waals surface area contributed by atoms with Crippen LogP contribution < -0.4 is 10.6 Å². The van der Waals surface area contributed by atoms with Crippen molar-refractivity contribution in [1.82, 2.24) is 20.4 Å². The zero-order chi connectivity index (χ0) is 13.9. The normalized spacial score (nSPS) is 28.3. The molecule has 0 saturated carbocycles. The fourth-order valence-corrected chi connectivity index (χ4v) is 3.09. The molecule has 2 aliphatic rings. The third kappa shape index (κ3) is 3.75. The second-order valence-corrected chi connectivity index (χ2v) is 5.70. The van der Waals surface area contributed by atoms with Crippen LogP contribution in [0.15, 0.2) is 12.4 Å². The number of carbonyl (C=O) groups is 1. The maximum atomic E-state index is 12.4. The Bertz CT molecular complexity index is 473. The Morgan fingerprint density at radius 3 is 3.10 bits per heavy atom. The summed E-state index contributed by atoms with van der Waals surface area (Å²) in [6.07, 6.45) is 6.21. The van der Waals surface area contributed by atoms with Gasteiger partial charge in [-0.1, -0.05) is 0 Å². The van der Waals surface area contributed by atoms with Gasteiger partial charge in [0.1, 0.15) is 0 Å². The van der Waals surface area contributed by atoms with Gasteiger partial charge in [0.05, 0.1) is 18.2 Å². The number of aromatic nitrogens is 2. The zero-order valence-corrected chi connectivity index (χ0v) is 13.1. The molecule has 0 bridgehead atoms. The quantitative estimate of drug-likeness (QED) is 0.846. The first-order valence-corrected chi connectivity index (χ1v) is 7.32. The second kappa shape index (κ2) is 7.24. The number of hydrogen-bond acceptors (Lipinski definition) is 4. The molecule has 0 radical (unpaired) electrons. The molecular weight excluding hydrogens is 292 g/mol. The fourth-order valence-electron chi connectivity index (χ4n) is 3.09. The number of halogens is 1. The molecule has 2 saturated heterocycles. The molecule has 21 heavy (non-hydrogen) atoms. The monoisotopic (exact) mass is 314 g/mol. The van der Waals surface area contributed by atoms with E-state index in [1.165, 1.54) is 0 Å². The van der Waals surface area contributed by atoms with Crippen LogP contribution in [0, 0.1) is 5.92 Å². The number of hydrogen-bond donors (Lipinski definition) is 2. The summed E-state index contributed by atoms with van der Waals surface area (Å²) in [5.41, 5.74) is 1.13. The number of nitrogens with one attached hydrogen (secondary N) is 2. The highest BCUT2D eigenvalue weighted by atomic mass is 35.5. The molecule has 6 nitrogen and oxygen atoms in total. The summed E-state index contributed by atoms with van der Waals surface area (Å²) in [5, 5.41) is 10.6. The smallest absolute Gasteiger partial charge is 0.225 e. The SMILES string of the molecule is Cl.Cn1cc([C@H]2CNC[C@@H]2C(=O)NCC2CCCO2)cn1. The van der Waals surface area contributed by atoms with Crippen molar-refractivity contribution in [2.24, 2.45) is 13.0 Å². The van der Waals surface area contributed by atoms with Crippen LogP contribution >= 0.6 is 12.4 Å². The van der Waals surface area contributed by atoms with Crippen LogP contribution in [0.25, 0.3) is 0 Å². The van der Waals surface area contributed by atoms with Crippen LogP contribution in [0.4, 0.5) is 0 Å². The molecule has 0 aromatic carbocycles. The van der Waals surface area contributed by atoms with Gasteiger partial charge >= 0.3 is 0 Å². The largest absolute Gasteiger partial charge is 0.376 e. The molecule has 3 atom stereocenters. The standard InChI is InChI=1S/C14H22N4O2.ClH/c1-18-9-10(5-17-18)12-7-15-8-13(12)14(19)16-6-11-3-2-4-20-11;/h5,9,11-13,15H,2-4,6-8H2,1H3,(H,16,19);1H/t11?,12-,13+;/m1./s1. The molecule has 2 fully saturated rings. The predicted molar refractivity (Wildman–Crippen MR) is 81.5 cm³/mol. The highest BCUT2D eigenvalue weighted by Crippen LogP contribution is 2.27. The Balaban J connectivity index is 0.00000161. The number of nitrogens with zero attached hydrogens (tertiary/aromatic N) is 2. The van der Waals surface area contributed by atoms with Crippen molar-refractivity contribution >= 4 is 18.3 Å². The number of carbonyl (C=O) groups excluding carboxylic acids is 1. The number of rotatable bonds is 4. The maximum Gasteiger partial charge on any atom is 0.225 e. The molecule has 1 aromatic rings. The van der Waals surface area contributed by atoms with E-state index in [1.807, 2.05) is 19.4 Å². The highest BCUT2D eigenvalue weighted by molar-refractivity contribution is 5.85. The molecule has 2 N–H and O–H groups in total. The molecule has 0 aliphatic carbocycles. The van der Waals surface area contributed by atoms with E-state index in [1.54, 1.807) is 4.68 Å². The van der Waals surface area contributed by atoms with Crippen LogP contribution in [0.2, 0.25) is 0 Å². The van der Waals surface area contributed by atoms with Crippen molar-refractivity contribution in [3.8, 4) is 0 Å². The van der Waals surface area contributed by atoms with Crippen LogP contribution in [0.5, 0.6) is 0 Å². The summed E-state index contributed by atoms with van der Waals surface area (Å²) in [6, 6.07) is 0. The van der Waals surface area contributed by atoms with Gasteiger partial charge in [-0.3, -0.25) is 9.48 Å². The summed E-state index contributed by atoms with van der Waals surface area (Å²) in [7, 11) is 1.90. The molecule has 2 aliphatic heterocycles. The molecule has 0 spiro atoms. The first kappa shape index (κ1) is 16.3. The van der Waals surface area contributed by atoms with Crippen LogP contribution in [0.3, 0.4) is 0 Å². The third-order valence-electron chi connectivity index (χ3n) is 4.23. The minimum absolute atomic E-state index is 0. The summed E-state index contributed by atoms with van der Waals surface area (Å²) in [4.78, 5) is 12.4. The summed E-state index contributed by atoms with van der Waals surface area (Å²) >= 11 is 0. The number of aryl methyl sites for hydroxylation is 1. The van der Waals surface area contributed by atoms with Gasteiger partial charge in [-0.05, 0) is 18.4 Å². The Morgan fingerprint density at radius 2 is 2.43 bits per heavy atom. The van der Waals surface area contributed by atoms with Gasteiger partial charge in [0, 0.05) is 45.4 Å². The van der Waals surface area contributed by atoms with Crippen LogP contribution in [0.1, 0.15) is 24.3 Å². The van der Waals surface area contributed by atoms with E-state index in [0.29, 0.717) is 6.54 Å². The number of amides is 1. The van der Waals surface area contributed by atoms with E-state index in [2.05, 4.69) is 15.7 Å². The molecule has 1 unspecified atom stereocenters. The minimum Gasteiger partial charge on any atom is -0.376 e. The Morgan fingerprint density at radius 1 is 1.57 bits per heavy atom. The van der Waals surface area contributed by atoms with Gasteiger partial charge in [0.15, 0.2) is 0 Å². The predicted octanol–water partition coefficient (Wildman–Crippen LogP) is 0.440. The van der Waals surface area contributed by atoms with Gasteiger partial charge in [0.2, 0.25) is 5.91 Å². The molecular formula is C14H23ClN4O2. The molecule has 3 rings (SSSR count). The lowest BCUT2D eigenvalue weighted by atomic mass is 9.90. The molecule has 1 amide bonds. The first-order chi connectivity index (χ1) is 9.74. The van der Waals surface area contributed by atoms with Gasteiger partial charge in [-0.15, -0.1) is 12.4 Å². The van der Waals surface area contributed by atoms with Crippen LogP contribution in [-0.2, 0) is 16.6 Å². The lowest BCUT2D eigenvalue weighted by molar-refractivity contribution is -0.125. The van der Waals surface area contributed by atoms with Crippen molar-refractivity contribution < 1.29 is 9.53 Å². The average Bonchev–Trinajstić information content (AvgIpc) is 3.16. The van der Waals surface area contributed by atoms with E-state index >= 15 is 0 Å². The lowest BCUT2D eigenvalue weighted by Gasteiger charge is -2.18. The van der Waals surface area contributed by atoms with E-state index in [-0.39, 0.29) is 36.3 Å². The molecule has 1 aromatic heterocycles. The van der Waals surface area contributed by atoms with E-state index < -0.39 is 0 Å². The van der Waals surface area contributed by atoms with Gasteiger partial charge in [-0.25, -0.2) is 0 Å². The molecule has 7 heteroatoms. The molecule has 3 heterocycles. The van der Waals surface area contributed by atoms with Crippen molar-refractivity contribution in [3.05, 3.63) is 18.0 Å².